The van der Waals surface area contributed by atoms with Crippen molar-refractivity contribution in [1.29, 1.82) is 0 Å². The van der Waals surface area contributed by atoms with Crippen molar-refractivity contribution in [3.63, 3.8) is 0 Å². The lowest BCUT2D eigenvalue weighted by molar-refractivity contribution is -0.124. The number of carbonyl (C=O) groups is 1. The van der Waals surface area contributed by atoms with Gasteiger partial charge in [-0.3, -0.25) is 9.69 Å². The second-order valence-electron chi connectivity index (χ2n) is 4.71. The fraction of sp³-hybridized carbons (Fsp3) is 0.917. The Morgan fingerprint density at radius 1 is 1.59 bits per heavy atom. The first-order chi connectivity index (χ1) is 8.17. The van der Waals surface area contributed by atoms with Gasteiger partial charge in [-0.1, -0.05) is 6.92 Å². The maximum absolute atomic E-state index is 11.8. The molecule has 17 heavy (non-hydrogen) atoms. The van der Waals surface area contributed by atoms with Crippen LogP contribution < -0.4 is 10.6 Å². The van der Waals surface area contributed by atoms with Gasteiger partial charge < -0.3 is 15.4 Å². The van der Waals surface area contributed by atoms with Crippen molar-refractivity contribution in [2.24, 2.45) is 0 Å². The van der Waals surface area contributed by atoms with Crippen molar-refractivity contribution < 1.29 is 9.53 Å². The first-order valence-corrected chi connectivity index (χ1v) is 6.40. The van der Waals surface area contributed by atoms with Gasteiger partial charge in [0, 0.05) is 32.3 Å². The number of carbonyl (C=O) groups excluding carboxylic acids is 1. The number of amides is 1. The lowest BCUT2D eigenvalue weighted by Crippen LogP contribution is -2.59. The number of nitrogens with one attached hydrogen (secondary N) is 2. The Labute approximate surface area is 104 Å². The van der Waals surface area contributed by atoms with E-state index in [4.69, 9.17) is 4.74 Å². The van der Waals surface area contributed by atoms with Gasteiger partial charge in [-0.05, 0) is 19.9 Å². The Morgan fingerprint density at radius 3 is 2.76 bits per heavy atom. The smallest absolute Gasteiger partial charge is 0.234 e. The van der Waals surface area contributed by atoms with Crippen LogP contribution in [-0.4, -0.2) is 62.8 Å². The van der Waals surface area contributed by atoms with E-state index in [-0.39, 0.29) is 11.9 Å². The summed E-state index contributed by atoms with van der Waals surface area (Å²) in [5.74, 6) is 0.0925. The third kappa shape index (κ3) is 5.02. The van der Waals surface area contributed by atoms with Crippen LogP contribution in [0.15, 0.2) is 0 Å². The molecule has 0 aromatic carbocycles. The van der Waals surface area contributed by atoms with Crippen LogP contribution in [0.4, 0.5) is 0 Å². The number of hydrogen-bond donors (Lipinski definition) is 2. The molecule has 1 atom stereocenters. The van der Waals surface area contributed by atoms with Crippen LogP contribution >= 0.6 is 0 Å². The molecule has 0 bridgehead atoms. The summed E-state index contributed by atoms with van der Waals surface area (Å²) >= 11 is 0. The van der Waals surface area contributed by atoms with Crippen molar-refractivity contribution in [2.45, 2.75) is 32.4 Å². The summed E-state index contributed by atoms with van der Waals surface area (Å²) in [5.41, 5.74) is 0. The minimum Gasteiger partial charge on any atom is -0.383 e. The molecule has 1 aliphatic heterocycles. The molecule has 5 nitrogen and oxygen atoms in total. The number of ether oxygens (including phenoxy) is 1. The van der Waals surface area contributed by atoms with E-state index in [1.165, 1.54) is 0 Å². The quantitative estimate of drug-likeness (QED) is 0.621. The SMILES string of the molecule is CCCN(CC(=O)NC(C)COC)C1CNC1. The lowest BCUT2D eigenvalue weighted by atomic mass is 10.1. The van der Waals surface area contributed by atoms with Crippen LogP contribution in [0, 0.1) is 0 Å². The van der Waals surface area contributed by atoms with Crippen molar-refractivity contribution in [3.8, 4) is 0 Å². The highest BCUT2D eigenvalue weighted by Crippen LogP contribution is 2.05. The normalized spacial score (nSPS) is 17.9. The fourth-order valence-electron chi connectivity index (χ4n) is 2.01. The van der Waals surface area contributed by atoms with Crippen molar-refractivity contribution in [3.05, 3.63) is 0 Å². The highest BCUT2D eigenvalue weighted by atomic mass is 16.5. The molecule has 1 aliphatic rings. The Kier molecular flexibility index (Phi) is 6.47. The molecule has 5 heteroatoms. The highest BCUT2D eigenvalue weighted by molar-refractivity contribution is 5.78. The standard InChI is InChI=1S/C12H25N3O2/c1-4-5-15(11-6-13-7-11)8-12(16)14-10(2)9-17-3/h10-11,13H,4-9H2,1-3H3,(H,14,16). The molecule has 0 spiro atoms. The minimum atomic E-state index is 0.0792. The number of rotatable bonds is 8. The molecule has 0 radical (unpaired) electrons. The van der Waals surface area contributed by atoms with Gasteiger partial charge in [0.15, 0.2) is 0 Å². The van der Waals surface area contributed by atoms with Gasteiger partial charge in [-0.2, -0.15) is 0 Å². The van der Waals surface area contributed by atoms with Gasteiger partial charge in [-0.25, -0.2) is 0 Å². The molecule has 1 rings (SSSR count). The zero-order valence-corrected chi connectivity index (χ0v) is 11.2. The second kappa shape index (κ2) is 7.63. The van der Waals surface area contributed by atoms with E-state index in [0.717, 1.165) is 26.1 Å². The van der Waals surface area contributed by atoms with Crippen molar-refractivity contribution in [2.75, 3.05) is 39.9 Å². The molecular weight excluding hydrogens is 218 g/mol. The molecular formula is C12H25N3O2. The van der Waals surface area contributed by atoms with Gasteiger partial charge in [0.1, 0.15) is 0 Å². The molecule has 2 N–H and O–H groups in total. The van der Waals surface area contributed by atoms with Crippen LogP contribution in [-0.2, 0) is 9.53 Å². The Morgan fingerprint density at radius 2 is 2.29 bits per heavy atom. The van der Waals surface area contributed by atoms with E-state index < -0.39 is 0 Å². The van der Waals surface area contributed by atoms with Gasteiger partial charge in [-0.15, -0.1) is 0 Å². The highest BCUT2D eigenvalue weighted by Gasteiger charge is 2.25. The topological polar surface area (TPSA) is 53.6 Å². The monoisotopic (exact) mass is 243 g/mol. The molecule has 0 aliphatic carbocycles. The molecule has 1 saturated heterocycles. The summed E-state index contributed by atoms with van der Waals surface area (Å²) in [4.78, 5) is 14.1. The molecule has 0 aromatic heterocycles. The Hall–Kier alpha value is -0.650. The molecule has 1 amide bonds. The van der Waals surface area contributed by atoms with E-state index in [2.05, 4.69) is 22.5 Å². The van der Waals surface area contributed by atoms with Crippen LogP contribution in [0.1, 0.15) is 20.3 Å². The van der Waals surface area contributed by atoms with Gasteiger partial charge in [0.25, 0.3) is 0 Å². The van der Waals surface area contributed by atoms with Crippen molar-refractivity contribution >= 4 is 5.91 Å². The lowest BCUT2D eigenvalue weighted by Gasteiger charge is -2.37. The van der Waals surface area contributed by atoms with E-state index in [1.807, 2.05) is 6.92 Å². The van der Waals surface area contributed by atoms with E-state index in [9.17, 15) is 4.79 Å². The van der Waals surface area contributed by atoms with Crippen LogP contribution in [0.5, 0.6) is 0 Å². The summed E-state index contributed by atoms with van der Waals surface area (Å²) in [5, 5.41) is 6.19. The van der Waals surface area contributed by atoms with Crippen molar-refractivity contribution in [1.82, 2.24) is 15.5 Å². The number of hydrogen-bond acceptors (Lipinski definition) is 4. The van der Waals surface area contributed by atoms with Gasteiger partial charge >= 0.3 is 0 Å². The number of methoxy groups -OCH3 is 1. The fourth-order valence-corrected chi connectivity index (χ4v) is 2.01. The first kappa shape index (κ1) is 14.4. The predicted octanol–water partition coefficient (Wildman–Crippen LogP) is -0.179. The molecule has 0 aromatic rings. The number of nitrogens with zero attached hydrogens (tertiary/aromatic N) is 1. The summed E-state index contributed by atoms with van der Waals surface area (Å²) in [6.45, 7) is 8.14. The third-order valence-electron chi connectivity index (χ3n) is 2.96. The van der Waals surface area contributed by atoms with Gasteiger partial charge in [0.05, 0.1) is 13.2 Å². The molecule has 100 valence electrons. The van der Waals surface area contributed by atoms with E-state index in [1.54, 1.807) is 7.11 Å². The Bertz CT molecular complexity index is 232. The molecule has 1 heterocycles. The van der Waals surface area contributed by atoms with E-state index >= 15 is 0 Å². The molecule has 0 saturated carbocycles. The summed E-state index contributed by atoms with van der Waals surface area (Å²) in [7, 11) is 1.64. The summed E-state index contributed by atoms with van der Waals surface area (Å²) < 4.78 is 5.00. The van der Waals surface area contributed by atoms with Crippen LogP contribution in [0.2, 0.25) is 0 Å². The predicted molar refractivity (Wildman–Crippen MR) is 68.0 cm³/mol. The Balaban J connectivity index is 2.30. The van der Waals surface area contributed by atoms with Crippen LogP contribution in [0.3, 0.4) is 0 Å². The zero-order valence-electron chi connectivity index (χ0n) is 11.2. The first-order valence-electron chi connectivity index (χ1n) is 6.40. The molecule has 1 unspecified atom stereocenters. The molecule has 1 fully saturated rings. The van der Waals surface area contributed by atoms with E-state index in [0.29, 0.717) is 19.2 Å². The minimum absolute atomic E-state index is 0.0792. The third-order valence-corrected chi connectivity index (χ3v) is 2.96. The van der Waals surface area contributed by atoms with Crippen LogP contribution in [0.25, 0.3) is 0 Å². The summed E-state index contributed by atoms with van der Waals surface area (Å²) in [6, 6.07) is 0.605. The van der Waals surface area contributed by atoms with Gasteiger partial charge in [0.2, 0.25) is 5.91 Å². The largest absolute Gasteiger partial charge is 0.383 e. The average Bonchev–Trinajstić information content (AvgIpc) is 2.14. The second-order valence-corrected chi connectivity index (χ2v) is 4.71. The zero-order chi connectivity index (χ0) is 12.7. The average molecular weight is 243 g/mol. The maximum atomic E-state index is 11.8. The summed E-state index contributed by atoms with van der Waals surface area (Å²) in [6.07, 6.45) is 1.08. The maximum Gasteiger partial charge on any atom is 0.234 e.